The van der Waals surface area contributed by atoms with Crippen LogP contribution in [0.5, 0.6) is 0 Å². The van der Waals surface area contributed by atoms with Gasteiger partial charge in [-0.1, -0.05) is 6.58 Å². The Bertz CT molecular complexity index is 199. The fraction of sp³-hybridized carbons (Fsp3) is 0.600. The normalized spacial score (nSPS) is 29.9. The molecule has 1 fully saturated rings. The average Bonchev–Trinajstić information content (AvgIpc) is 2.33. The summed E-state index contributed by atoms with van der Waals surface area (Å²) in [6.45, 7) is 10.0. The van der Waals surface area contributed by atoms with Crippen molar-refractivity contribution in [2.24, 2.45) is 0 Å². The molecule has 1 atom stereocenters. The second-order valence-corrected chi connectivity index (χ2v) is 3.54. The first-order valence-corrected chi connectivity index (χ1v) is 4.06. The molecule has 0 N–H and O–H groups in total. The molecule has 0 aromatic carbocycles. The van der Waals surface area contributed by atoms with E-state index in [0.717, 1.165) is 18.6 Å². The summed E-state index contributed by atoms with van der Waals surface area (Å²) in [5.74, 6) is 1.15. The van der Waals surface area contributed by atoms with Crippen LogP contribution in [-0.4, -0.2) is 5.60 Å². The van der Waals surface area contributed by atoms with Crippen molar-refractivity contribution in [3.8, 4) is 0 Å². The maximum atomic E-state index is 5.72. The Morgan fingerprint density at radius 2 is 2.27 bits per heavy atom. The van der Waals surface area contributed by atoms with Crippen LogP contribution in [0.25, 0.3) is 0 Å². The van der Waals surface area contributed by atoms with Crippen molar-refractivity contribution >= 4 is 0 Å². The third-order valence-electron chi connectivity index (χ3n) is 2.19. The van der Waals surface area contributed by atoms with E-state index in [1.54, 1.807) is 0 Å². The van der Waals surface area contributed by atoms with Crippen LogP contribution in [0, 0.1) is 0 Å². The van der Waals surface area contributed by atoms with Crippen LogP contribution < -0.4 is 0 Å². The van der Waals surface area contributed by atoms with Crippen molar-refractivity contribution in [1.29, 1.82) is 0 Å². The molecule has 1 aliphatic rings. The van der Waals surface area contributed by atoms with Gasteiger partial charge in [-0.05, 0) is 38.8 Å². The smallest absolute Gasteiger partial charge is 0.124 e. The lowest BCUT2D eigenvalue weighted by molar-refractivity contribution is 0.103. The van der Waals surface area contributed by atoms with Gasteiger partial charge in [-0.15, -0.1) is 0 Å². The maximum absolute atomic E-state index is 5.72. The maximum Gasteiger partial charge on any atom is 0.124 e. The van der Waals surface area contributed by atoms with Crippen molar-refractivity contribution in [2.75, 3.05) is 0 Å². The number of ether oxygens (including phenoxy) is 1. The Labute approximate surface area is 68.8 Å². The minimum absolute atomic E-state index is 0.105. The molecule has 0 saturated carbocycles. The minimum Gasteiger partial charge on any atom is -0.488 e. The van der Waals surface area contributed by atoms with Gasteiger partial charge in [0.25, 0.3) is 0 Å². The van der Waals surface area contributed by atoms with Crippen molar-refractivity contribution in [2.45, 2.75) is 39.2 Å². The summed E-state index contributed by atoms with van der Waals surface area (Å²) >= 11 is 0. The standard InChI is InChI=1S/C10H16O/c1-5-10(4)7-6-9(11-10)8(2)3/h5H,1,6-7H2,2-4H3/t10-/m0/s1. The summed E-state index contributed by atoms with van der Waals surface area (Å²) in [5.41, 5.74) is 1.18. The minimum atomic E-state index is -0.105. The largest absolute Gasteiger partial charge is 0.488 e. The molecule has 0 spiro atoms. The Balaban J connectivity index is 2.75. The zero-order chi connectivity index (χ0) is 8.48. The van der Waals surface area contributed by atoms with Gasteiger partial charge in [-0.25, -0.2) is 0 Å². The number of hydrogen-bond acceptors (Lipinski definition) is 1. The highest BCUT2D eigenvalue weighted by Gasteiger charge is 2.30. The van der Waals surface area contributed by atoms with Crippen molar-refractivity contribution in [3.05, 3.63) is 24.0 Å². The molecule has 11 heavy (non-hydrogen) atoms. The SMILES string of the molecule is C=C[C@@]1(C)CCC(=C(C)C)O1. The first-order chi connectivity index (χ1) is 5.07. The van der Waals surface area contributed by atoms with Crippen molar-refractivity contribution in [1.82, 2.24) is 0 Å². The molecular weight excluding hydrogens is 136 g/mol. The van der Waals surface area contributed by atoms with Crippen LogP contribution in [0.2, 0.25) is 0 Å². The third-order valence-corrected chi connectivity index (χ3v) is 2.19. The van der Waals surface area contributed by atoms with Crippen LogP contribution in [-0.2, 0) is 4.74 Å². The second kappa shape index (κ2) is 2.72. The molecule has 0 bridgehead atoms. The zero-order valence-corrected chi connectivity index (χ0v) is 7.61. The molecule has 0 unspecified atom stereocenters. The predicted octanol–water partition coefficient (Wildman–Crippen LogP) is 3.04. The van der Waals surface area contributed by atoms with Crippen LogP contribution in [0.15, 0.2) is 24.0 Å². The number of allylic oxidation sites excluding steroid dienone is 2. The monoisotopic (exact) mass is 152 g/mol. The van der Waals surface area contributed by atoms with E-state index in [1.165, 1.54) is 5.57 Å². The number of hydrogen-bond donors (Lipinski definition) is 0. The molecule has 1 saturated heterocycles. The summed E-state index contributed by atoms with van der Waals surface area (Å²) in [6.07, 6.45) is 4.02. The highest BCUT2D eigenvalue weighted by Crippen LogP contribution is 2.34. The van der Waals surface area contributed by atoms with Gasteiger partial charge in [-0.3, -0.25) is 0 Å². The van der Waals surface area contributed by atoms with E-state index >= 15 is 0 Å². The average molecular weight is 152 g/mol. The van der Waals surface area contributed by atoms with E-state index in [1.807, 2.05) is 6.08 Å². The van der Waals surface area contributed by atoms with Gasteiger partial charge in [0, 0.05) is 6.42 Å². The summed E-state index contributed by atoms with van der Waals surface area (Å²) < 4.78 is 5.72. The Kier molecular flexibility index (Phi) is 2.08. The third kappa shape index (κ3) is 1.65. The lowest BCUT2D eigenvalue weighted by Gasteiger charge is -2.18. The molecule has 1 aliphatic heterocycles. The van der Waals surface area contributed by atoms with Crippen molar-refractivity contribution < 1.29 is 4.74 Å². The highest BCUT2D eigenvalue weighted by atomic mass is 16.5. The molecule has 62 valence electrons. The molecule has 1 nitrogen and oxygen atoms in total. The fourth-order valence-electron chi connectivity index (χ4n) is 1.24. The van der Waals surface area contributed by atoms with Crippen LogP contribution >= 0.6 is 0 Å². The summed E-state index contributed by atoms with van der Waals surface area (Å²) in [4.78, 5) is 0. The first kappa shape index (κ1) is 8.38. The Hall–Kier alpha value is -0.720. The van der Waals surface area contributed by atoms with E-state index in [4.69, 9.17) is 4.74 Å². The van der Waals surface area contributed by atoms with Crippen LogP contribution in [0.1, 0.15) is 33.6 Å². The molecule has 0 aromatic rings. The van der Waals surface area contributed by atoms with Gasteiger partial charge in [-0.2, -0.15) is 0 Å². The van der Waals surface area contributed by atoms with Gasteiger partial charge in [0.2, 0.25) is 0 Å². The molecule has 1 heteroatoms. The lowest BCUT2D eigenvalue weighted by atomic mass is 10.0. The molecule has 0 amide bonds. The van der Waals surface area contributed by atoms with Crippen LogP contribution in [0.4, 0.5) is 0 Å². The van der Waals surface area contributed by atoms with Gasteiger partial charge in [0.1, 0.15) is 5.60 Å². The van der Waals surface area contributed by atoms with Crippen molar-refractivity contribution in [3.63, 3.8) is 0 Å². The molecule has 0 radical (unpaired) electrons. The van der Waals surface area contributed by atoms with Gasteiger partial charge in [0.15, 0.2) is 0 Å². The predicted molar refractivity (Wildman–Crippen MR) is 47.3 cm³/mol. The first-order valence-electron chi connectivity index (χ1n) is 4.06. The second-order valence-electron chi connectivity index (χ2n) is 3.54. The summed E-state index contributed by atoms with van der Waals surface area (Å²) in [7, 11) is 0. The Morgan fingerprint density at radius 3 is 2.55 bits per heavy atom. The molecule has 0 aromatic heterocycles. The van der Waals surface area contributed by atoms with E-state index in [-0.39, 0.29) is 5.60 Å². The quantitative estimate of drug-likeness (QED) is 0.525. The van der Waals surface area contributed by atoms with E-state index in [2.05, 4.69) is 27.4 Å². The fourth-order valence-corrected chi connectivity index (χ4v) is 1.24. The van der Waals surface area contributed by atoms with E-state index in [9.17, 15) is 0 Å². The zero-order valence-electron chi connectivity index (χ0n) is 7.61. The number of rotatable bonds is 1. The van der Waals surface area contributed by atoms with Gasteiger partial charge >= 0.3 is 0 Å². The lowest BCUT2D eigenvalue weighted by Crippen LogP contribution is -2.17. The summed E-state index contributed by atoms with van der Waals surface area (Å²) in [6, 6.07) is 0. The van der Waals surface area contributed by atoms with Crippen LogP contribution in [0.3, 0.4) is 0 Å². The summed E-state index contributed by atoms with van der Waals surface area (Å²) in [5, 5.41) is 0. The van der Waals surface area contributed by atoms with Gasteiger partial charge < -0.3 is 4.74 Å². The van der Waals surface area contributed by atoms with Gasteiger partial charge in [0.05, 0.1) is 5.76 Å². The highest BCUT2D eigenvalue weighted by molar-refractivity contribution is 5.13. The molecule has 0 aliphatic carbocycles. The molecule has 1 heterocycles. The molecule has 1 rings (SSSR count). The molecular formula is C10H16O. The van der Waals surface area contributed by atoms with E-state index in [0.29, 0.717) is 0 Å². The Morgan fingerprint density at radius 1 is 1.64 bits per heavy atom. The topological polar surface area (TPSA) is 9.23 Å². The van der Waals surface area contributed by atoms with E-state index < -0.39 is 0 Å².